The third-order valence-corrected chi connectivity index (χ3v) is 9.56. The van der Waals surface area contributed by atoms with Crippen molar-refractivity contribution in [2.45, 2.75) is 70.4 Å². The van der Waals surface area contributed by atoms with E-state index in [-0.39, 0.29) is 29.4 Å². The number of nitrogens with zero attached hydrogens (tertiary/aromatic N) is 3. The highest BCUT2D eigenvalue weighted by Crippen LogP contribution is 2.29. The van der Waals surface area contributed by atoms with E-state index in [4.69, 9.17) is 4.74 Å². The van der Waals surface area contributed by atoms with Crippen LogP contribution in [0.4, 0.5) is 4.39 Å². The van der Waals surface area contributed by atoms with Gasteiger partial charge in [0.15, 0.2) is 0 Å². The van der Waals surface area contributed by atoms with E-state index in [1.807, 2.05) is 25.1 Å². The molecule has 4 aromatic rings. The fourth-order valence-corrected chi connectivity index (χ4v) is 6.86. The van der Waals surface area contributed by atoms with E-state index in [1.54, 1.807) is 11.4 Å². The lowest BCUT2D eigenvalue weighted by Crippen LogP contribution is -2.44. The van der Waals surface area contributed by atoms with E-state index in [0.29, 0.717) is 24.3 Å². The fourth-order valence-electron chi connectivity index (χ4n) is 6.27. The molecule has 10 heteroatoms. The summed E-state index contributed by atoms with van der Waals surface area (Å²) in [5.74, 6) is -0.677. The Balaban J connectivity index is 1.04. The first-order valence-corrected chi connectivity index (χ1v) is 17.1. The van der Waals surface area contributed by atoms with E-state index in [2.05, 4.69) is 49.8 Å². The van der Waals surface area contributed by atoms with Gasteiger partial charge in [0.25, 0.3) is 11.8 Å². The van der Waals surface area contributed by atoms with Crippen LogP contribution in [0.5, 0.6) is 11.6 Å². The molecule has 2 aromatic carbocycles. The number of hydrogen-bond acceptors (Lipinski definition) is 7. The van der Waals surface area contributed by atoms with E-state index < -0.39 is 11.7 Å². The minimum absolute atomic E-state index is 0.0145. The number of hydrogen-bond donors (Lipinski definition) is 2. The number of ether oxygens (including phenoxy) is 1. The summed E-state index contributed by atoms with van der Waals surface area (Å²) >= 11 is 1.44. The molecule has 3 heterocycles. The number of carbonyl (C=O) groups excluding carboxylic acids is 2. The Morgan fingerprint density at radius 2 is 1.67 bits per heavy atom. The van der Waals surface area contributed by atoms with Gasteiger partial charge in [0, 0.05) is 17.5 Å². The van der Waals surface area contributed by atoms with Crippen molar-refractivity contribution >= 4 is 23.2 Å². The van der Waals surface area contributed by atoms with Gasteiger partial charge in [-0.2, -0.15) is 0 Å². The van der Waals surface area contributed by atoms with Gasteiger partial charge in [-0.15, -0.1) is 11.3 Å². The van der Waals surface area contributed by atoms with Crippen molar-refractivity contribution < 1.29 is 18.7 Å². The third kappa shape index (κ3) is 8.35. The maximum atomic E-state index is 14.3. The van der Waals surface area contributed by atoms with E-state index in [1.165, 1.54) is 42.8 Å². The number of amides is 2. The van der Waals surface area contributed by atoms with Crippen molar-refractivity contribution in [1.29, 1.82) is 0 Å². The Morgan fingerprint density at radius 3 is 2.37 bits per heavy atom. The van der Waals surface area contributed by atoms with Crippen LogP contribution in [0.1, 0.15) is 76.4 Å². The molecule has 2 aromatic heterocycles. The molecule has 1 saturated carbocycles. The monoisotopic (exact) mass is 641 g/mol. The van der Waals surface area contributed by atoms with Gasteiger partial charge in [-0.1, -0.05) is 36.4 Å². The Kier molecular flexibility index (Phi) is 10.3. The Morgan fingerprint density at radius 1 is 0.957 bits per heavy atom. The third-order valence-electron chi connectivity index (χ3n) is 8.79. The molecule has 1 aliphatic heterocycles. The van der Waals surface area contributed by atoms with Crippen molar-refractivity contribution in [1.82, 2.24) is 25.5 Å². The van der Waals surface area contributed by atoms with Gasteiger partial charge in [-0.05, 0) is 113 Å². The molecule has 0 unspecified atom stereocenters. The maximum absolute atomic E-state index is 14.3. The zero-order valence-corrected chi connectivity index (χ0v) is 27.0. The number of aryl methyl sites for hydroxylation is 2. The highest BCUT2D eigenvalue weighted by Gasteiger charge is 2.26. The number of thiazole rings is 1. The number of benzene rings is 2. The summed E-state index contributed by atoms with van der Waals surface area (Å²) in [6, 6.07) is 17.3. The van der Waals surface area contributed by atoms with E-state index >= 15 is 0 Å². The zero-order valence-electron chi connectivity index (χ0n) is 26.1. The Bertz CT molecular complexity index is 1650. The summed E-state index contributed by atoms with van der Waals surface area (Å²) in [5.41, 5.74) is 3.84. The number of halogens is 1. The molecule has 46 heavy (non-hydrogen) atoms. The first kappa shape index (κ1) is 31.8. The van der Waals surface area contributed by atoms with Crippen molar-refractivity contribution in [3.63, 3.8) is 0 Å². The Hall–Kier alpha value is -4.15. The number of nitrogens with one attached hydrogen (secondary N) is 2. The lowest BCUT2D eigenvalue weighted by atomic mass is 9.91. The topological polar surface area (TPSA) is 96.5 Å². The molecule has 2 amide bonds. The zero-order chi connectivity index (χ0) is 31.9. The number of likely N-dealkylation sites (tertiary alicyclic amines) is 1. The molecular weight excluding hydrogens is 601 g/mol. The van der Waals surface area contributed by atoms with Crippen molar-refractivity contribution in [2.75, 3.05) is 19.6 Å². The van der Waals surface area contributed by atoms with Gasteiger partial charge in [0.2, 0.25) is 5.88 Å². The van der Waals surface area contributed by atoms with E-state index in [9.17, 15) is 14.0 Å². The van der Waals surface area contributed by atoms with Crippen LogP contribution >= 0.6 is 11.3 Å². The molecule has 8 nitrogen and oxygen atoms in total. The lowest BCUT2D eigenvalue weighted by molar-refractivity contribution is 0.0888. The van der Waals surface area contributed by atoms with Crippen molar-refractivity contribution in [2.24, 2.45) is 0 Å². The fraction of sp³-hybridized carbons (Fsp3) is 0.389. The van der Waals surface area contributed by atoms with Gasteiger partial charge in [0.1, 0.15) is 22.8 Å². The van der Waals surface area contributed by atoms with Crippen molar-refractivity contribution in [3.8, 4) is 22.8 Å². The molecule has 1 saturated heterocycles. The quantitative estimate of drug-likeness (QED) is 0.184. The summed E-state index contributed by atoms with van der Waals surface area (Å²) in [6.45, 7) is 5.49. The van der Waals surface area contributed by atoms with Gasteiger partial charge in [-0.25, -0.2) is 14.4 Å². The average Bonchev–Trinajstić information content (AvgIpc) is 3.75. The smallest absolute Gasteiger partial charge is 0.270 e. The summed E-state index contributed by atoms with van der Waals surface area (Å²) in [6.07, 6.45) is 8.73. The van der Waals surface area contributed by atoms with Crippen LogP contribution in [0.15, 0.2) is 66.2 Å². The predicted octanol–water partition coefficient (Wildman–Crippen LogP) is 6.94. The second-order valence-corrected chi connectivity index (χ2v) is 13.3. The first-order valence-electron chi connectivity index (χ1n) is 16.2. The van der Waals surface area contributed by atoms with Gasteiger partial charge >= 0.3 is 0 Å². The molecule has 2 fully saturated rings. The minimum Gasteiger partial charge on any atom is -0.438 e. The molecule has 2 N–H and O–H groups in total. The van der Waals surface area contributed by atoms with Crippen LogP contribution in [-0.2, 0) is 6.42 Å². The molecule has 0 spiro atoms. The second kappa shape index (κ2) is 15.0. The summed E-state index contributed by atoms with van der Waals surface area (Å²) < 4.78 is 20.3. The molecule has 240 valence electrons. The van der Waals surface area contributed by atoms with Crippen LogP contribution in [-0.4, -0.2) is 58.4 Å². The molecular formula is C36H40FN5O3S. The Labute approximate surface area is 273 Å². The highest BCUT2D eigenvalue weighted by atomic mass is 32.1. The number of aromatic nitrogens is 2. The van der Waals surface area contributed by atoms with Crippen molar-refractivity contribution in [3.05, 3.63) is 93.8 Å². The molecule has 6 rings (SSSR count). The van der Waals surface area contributed by atoms with Gasteiger partial charge < -0.3 is 20.3 Å². The van der Waals surface area contributed by atoms with Crippen LogP contribution in [0.3, 0.4) is 0 Å². The first-order chi connectivity index (χ1) is 22.4. The predicted molar refractivity (Wildman–Crippen MR) is 178 cm³/mol. The summed E-state index contributed by atoms with van der Waals surface area (Å²) in [4.78, 5) is 36.7. The molecule has 0 atom stereocenters. The van der Waals surface area contributed by atoms with E-state index in [0.717, 1.165) is 60.6 Å². The second-order valence-electron chi connectivity index (χ2n) is 12.2. The number of rotatable bonds is 11. The molecule has 1 aliphatic carbocycles. The van der Waals surface area contributed by atoms with Gasteiger partial charge in [-0.3, -0.25) is 9.59 Å². The number of carbonyl (C=O) groups is 2. The number of pyridine rings is 1. The van der Waals surface area contributed by atoms with Crippen LogP contribution in [0.2, 0.25) is 0 Å². The highest BCUT2D eigenvalue weighted by molar-refractivity contribution is 7.09. The van der Waals surface area contributed by atoms with Crippen LogP contribution < -0.4 is 15.4 Å². The van der Waals surface area contributed by atoms with Gasteiger partial charge in [0.05, 0.1) is 11.2 Å². The van der Waals surface area contributed by atoms with Crippen LogP contribution in [0, 0.1) is 12.7 Å². The molecule has 2 aliphatic rings. The summed E-state index contributed by atoms with van der Waals surface area (Å²) in [7, 11) is 0. The van der Waals surface area contributed by atoms with Crippen LogP contribution in [0.25, 0.3) is 11.1 Å². The largest absolute Gasteiger partial charge is 0.438 e. The summed E-state index contributed by atoms with van der Waals surface area (Å²) in [5, 5.41) is 8.67. The molecule has 0 radical (unpaired) electrons. The SMILES string of the molecule is Cc1nc(C(=O)NC2CCC(NC(=O)c3cc(F)cnc3Oc3cccc(-c4ccc(CCCN5CCCC5)cc4)c3)CC2)cs1. The standard InChI is InChI=1S/C36H40FN5O3S/c1-24-39-33(23-46-24)35(44)41-30-15-13-29(14-16-30)40-34(43)32-21-28(37)22-38-36(32)45-31-8-4-7-27(20-31)26-11-9-25(10-12-26)6-5-19-42-17-2-3-18-42/h4,7-12,20-23,29-30H,2-3,5-6,13-19H2,1H3,(H,40,43)(H,41,44). The maximum Gasteiger partial charge on any atom is 0.270 e. The average molecular weight is 642 g/mol. The molecule has 0 bridgehead atoms. The minimum atomic E-state index is -0.615. The lowest BCUT2D eigenvalue weighted by Gasteiger charge is -2.29. The normalized spacial score (nSPS) is 18.3.